The Balaban J connectivity index is 2.94. The van der Waals surface area contributed by atoms with Gasteiger partial charge in [-0.25, -0.2) is 0 Å². The van der Waals surface area contributed by atoms with Crippen molar-refractivity contribution in [2.24, 2.45) is 0 Å². The van der Waals surface area contributed by atoms with Gasteiger partial charge in [0.05, 0.1) is 5.69 Å². The molecular formula is C8H6BrNO. The van der Waals surface area contributed by atoms with Gasteiger partial charge in [0.25, 0.3) is 0 Å². The zero-order chi connectivity index (χ0) is 8.10. The van der Waals surface area contributed by atoms with Gasteiger partial charge < -0.3 is 0 Å². The lowest BCUT2D eigenvalue weighted by Gasteiger charge is -1.93. The van der Waals surface area contributed by atoms with Gasteiger partial charge >= 0.3 is 0 Å². The first-order chi connectivity index (χ1) is 5.34. The second-order valence-electron chi connectivity index (χ2n) is 1.87. The van der Waals surface area contributed by atoms with Gasteiger partial charge in [0.1, 0.15) is 6.29 Å². The van der Waals surface area contributed by atoms with E-state index in [-0.39, 0.29) is 0 Å². The Kier molecular flexibility index (Phi) is 2.98. The first-order valence-corrected chi connectivity index (χ1v) is 3.86. The number of allylic oxidation sites excluding steroid dienone is 1. The van der Waals surface area contributed by atoms with Crippen molar-refractivity contribution in [3.8, 4) is 0 Å². The first-order valence-electron chi connectivity index (χ1n) is 3.07. The lowest BCUT2D eigenvalue weighted by Crippen LogP contribution is -1.79. The average Bonchev–Trinajstić information content (AvgIpc) is 2.03. The Morgan fingerprint density at radius 3 is 3.00 bits per heavy atom. The summed E-state index contributed by atoms with van der Waals surface area (Å²) >= 11 is 3.30. The van der Waals surface area contributed by atoms with E-state index in [9.17, 15) is 4.79 Å². The van der Waals surface area contributed by atoms with Crippen molar-refractivity contribution < 1.29 is 4.79 Å². The normalized spacial score (nSPS) is 10.3. The van der Waals surface area contributed by atoms with Crippen LogP contribution in [0.25, 0.3) is 6.08 Å². The minimum Gasteiger partial charge on any atom is -0.299 e. The van der Waals surface area contributed by atoms with Crippen LogP contribution in [0.1, 0.15) is 5.69 Å². The first kappa shape index (κ1) is 8.14. The lowest BCUT2D eigenvalue weighted by molar-refractivity contribution is -0.104. The number of halogens is 1. The topological polar surface area (TPSA) is 30.0 Å². The minimum atomic E-state index is 0.723. The van der Waals surface area contributed by atoms with Crippen molar-refractivity contribution in [1.82, 2.24) is 4.98 Å². The molecule has 0 spiro atoms. The van der Waals surface area contributed by atoms with E-state index < -0.39 is 0 Å². The summed E-state index contributed by atoms with van der Waals surface area (Å²) in [7, 11) is 0. The quantitative estimate of drug-likeness (QED) is 0.554. The summed E-state index contributed by atoms with van der Waals surface area (Å²) in [5.74, 6) is 0. The second-order valence-corrected chi connectivity index (χ2v) is 2.72. The van der Waals surface area contributed by atoms with Crippen LogP contribution in [0.4, 0.5) is 0 Å². The molecule has 0 bridgehead atoms. The maximum absolute atomic E-state index is 9.96. The molecule has 0 aliphatic carbocycles. The molecule has 0 radical (unpaired) electrons. The molecule has 2 nitrogen and oxygen atoms in total. The van der Waals surface area contributed by atoms with Gasteiger partial charge in [0.15, 0.2) is 0 Å². The van der Waals surface area contributed by atoms with Gasteiger partial charge in [-0.1, -0.05) is 0 Å². The molecule has 0 aliphatic rings. The van der Waals surface area contributed by atoms with Gasteiger partial charge in [0.2, 0.25) is 0 Å². The number of pyridine rings is 1. The largest absolute Gasteiger partial charge is 0.299 e. The maximum Gasteiger partial charge on any atom is 0.142 e. The summed E-state index contributed by atoms with van der Waals surface area (Å²) in [4.78, 5) is 14.0. The molecule has 0 aliphatic heterocycles. The van der Waals surface area contributed by atoms with Gasteiger partial charge in [-0.3, -0.25) is 9.78 Å². The number of hydrogen-bond acceptors (Lipinski definition) is 2. The van der Waals surface area contributed by atoms with Crippen LogP contribution >= 0.6 is 15.9 Å². The molecule has 0 atom stereocenters. The zero-order valence-corrected chi connectivity index (χ0v) is 7.28. The van der Waals surface area contributed by atoms with Crippen LogP contribution < -0.4 is 0 Å². The highest BCUT2D eigenvalue weighted by Crippen LogP contribution is 2.13. The Hall–Kier alpha value is -0.960. The van der Waals surface area contributed by atoms with E-state index in [1.54, 1.807) is 12.3 Å². The third-order valence-electron chi connectivity index (χ3n) is 1.12. The monoisotopic (exact) mass is 211 g/mol. The molecule has 0 fully saturated rings. The van der Waals surface area contributed by atoms with E-state index in [0.29, 0.717) is 0 Å². The van der Waals surface area contributed by atoms with E-state index >= 15 is 0 Å². The molecular weight excluding hydrogens is 206 g/mol. The molecule has 0 saturated heterocycles. The predicted octanol–water partition coefficient (Wildman–Crippen LogP) is 2.06. The molecule has 0 amide bonds. The number of nitrogens with zero attached hydrogens (tertiary/aromatic N) is 1. The van der Waals surface area contributed by atoms with Crippen LogP contribution in [0.3, 0.4) is 0 Å². The SMILES string of the molecule is O=C/C=C/c1ncccc1Br. The summed E-state index contributed by atoms with van der Waals surface area (Å²) in [5, 5.41) is 0. The van der Waals surface area contributed by atoms with Crippen LogP contribution in [-0.2, 0) is 4.79 Å². The molecule has 56 valence electrons. The van der Waals surface area contributed by atoms with Gasteiger partial charge in [-0.15, -0.1) is 0 Å². The third-order valence-corrected chi connectivity index (χ3v) is 1.79. The molecule has 0 aromatic carbocycles. The number of carbonyl (C=O) groups is 1. The van der Waals surface area contributed by atoms with Crippen molar-refractivity contribution >= 4 is 28.3 Å². The molecule has 1 aromatic heterocycles. The highest BCUT2D eigenvalue weighted by atomic mass is 79.9. The van der Waals surface area contributed by atoms with Crippen LogP contribution in [0, 0.1) is 0 Å². The number of aldehydes is 1. The van der Waals surface area contributed by atoms with Crippen molar-refractivity contribution in [2.75, 3.05) is 0 Å². The maximum atomic E-state index is 9.96. The third kappa shape index (κ3) is 2.27. The van der Waals surface area contributed by atoms with E-state index in [0.717, 1.165) is 16.5 Å². The fraction of sp³-hybridized carbons (Fsp3) is 0. The van der Waals surface area contributed by atoms with Gasteiger partial charge in [-0.2, -0.15) is 0 Å². The Morgan fingerprint density at radius 1 is 1.55 bits per heavy atom. The van der Waals surface area contributed by atoms with E-state index in [4.69, 9.17) is 0 Å². The van der Waals surface area contributed by atoms with Crippen LogP contribution in [-0.4, -0.2) is 11.3 Å². The molecule has 0 N–H and O–H groups in total. The summed E-state index contributed by atoms with van der Waals surface area (Å²) in [5.41, 5.74) is 0.764. The van der Waals surface area contributed by atoms with Gasteiger partial charge in [-0.05, 0) is 40.2 Å². The summed E-state index contributed by atoms with van der Waals surface area (Å²) in [6.07, 6.45) is 5.46. The average molecular weight is 212 g/mol. The van der Waals surface area contributed by atoms with E-state index in [1.807, 2.05) is 12.1 Å². The lowest BCUT2D eigenvalue weighted by atomic mass is 10.3. The Labute approximate surface area is 73.1 Å². The number of hydrogen-bond donors (Lipinski definition) is 0. The van der Waals surface area contributed by atoms with E-state index in [1.165, 1.54) is 6.08 Å². The highest BCUT2D eigenvalue weighted by Gasteiger charge is 1.92. The molecule has 1 aromatic rings. The van der Waals surface area contributed by atoms with Gasteiger partial charge in [0, 0.05) is 10.7 Å². The molecule has 1 heterocycles. The fourth-order valence-electron chi connectivity index (χ4n) is 0.651. The van der Waals surface area contributed by atoms with Crippen LogP contribution in [0.15, 0.2) is 28.9 Å². The molecule has 0 unspecified atom stereocenters. The molecule has 0 saturated carbocycles. The smallest absolute Gasteiger partial charge is 0.142 e. The van der Waals surface area contributed by atoms with E-state index in [2.05, 4.69) is 20.9 Å². The second kappa shape index (κ2) is 4.03. The van der Waals surface area contributed by atoms with Crippen molar-refractivity contribution in [2.45, 2.75) is 0 Å². The standard InChI is InChI=1S/C8H6BrNO/c9-7-3-1-5-10-8(7)4-2-6-11/h1-6H/b4-2+. The summed E-state index contributed by atoms with van der Waals surface area (Å²) < 4.78 is 0.887. The van der Waals surface area contributed by atoms with Crippen LogP contribution in [0.5, 0.6) is 0 Å². The molecule has 3 heteroatoms. The number of aromatic nitrogens is 1. The Bertz CT molecular complexity index is 283. The predicted molar refractivity (Wildman–Crippen MR) is 47.0 cm³/mol. The number of rotatable bonds is 2. The summed E-state index contributed by atoms with van der Waals surface area (Å²) in [6.45, 7) is 0. The Morgan fingerprint density at radius 2 is 2.36 bits per heavy atom. The van der Waals surface area contributed by atoms with Crippen LogP contribution in [0.2, 0.25) is 0 Å². The van der Waals surface area contributed by atoms with Crippen molar-refractivity contribution in [3.63, 3.8) is 0 Å². The fourth-order valence-corrected chi connectivity index (χ4v) is 1.04. The molecule has 11 heavy (non-hydrogen) atoms. The molecule has 1 rings (SSSR count). The zero-order valence-electron chi connectivity index (χ0n) is 5.70. The minimum absolute atomic E-state index is 0.723. The van der Waals surface area contributed by atoms with Crippen molar-refractivity contribution in [3.05, 3.63) is 34.6 Å². The van der Waals surface area contributed by atoms with Crippen molar-refractivity contribution in [1.29, 1.82) is 0 Å². The number of carbonyl (C=O) groups excluding carboxylic acids is 1. The summed E-state index contributed by atoms with van der Waals surface area (Å²) in [6, 6.07) is 3.69. The highest BCUT2D eigenvalue weighted by molar-refractivity contribution is 9.10.